The highest BCUT2D eigenvalue weighted by atomic mass is 19.3. The van der Waals surface area contributed by atoms with Crippen molar-refractivity contribution in [2.45, 2.75) is 12.8 Å². The number of morpholine rings is 1. The number of hydrogen-bond acceptors (Lipinski definition) is 12. The van der Waals surface area contributed by atoms with Gasteiger partial charge in [-0.3, -0.25) is 9.59 Å². The van der Waals surface area contributed by atoms with Gasteiger partial charge in [0.05, 0.1) is 31.2 Å². The summed E-state index contributed by atoms with van der Waals surface area (Å²) in [7, 11) is 0. The van der Waals surface area contributed by atoms with E-state index >= 15 is 0 Å². The van der Waals surface area contributed by atoms with Gasteiger partial charge < -0.3 is 35.8 Å². The van der Waals surface area contributed by atoms with Gasteiger partial charge in [0.1, 0.15) is 5.69 Å². The number of nitrogens with one attached hydrogen (secondary N) is 2. The van der Waals surface area contributed by atoms with Crippen molar-refractivity contribution in [1.82, 2.24) is 40.5 Å². The fourth-order valence-corrected chi connectivity index (χ4v) is 4.72. The lowest BCUT2D eigenvalue weighted by Crippen LogP contribution is -2.52. The van der Waals surface area contributed by atoms with Crippen LogP contribution in [0.5, 0.6) is 0 Å². The fraction of sp³-hybridized carbons (Fsp3) is 0.609. The maximum absolute atomic E-state index is 13.8. The second-order valence-corrected chi connectivity index (χ2v) is 9.46. The largest absolute Gasteiger partial charge is 0.378 e. The van der Waals surface area contributed by atoms with E-state index in [-0.39, 0.29) is 41.6 Å². The molecule has 3 aliphatic rings. The minimum Gasteiger partial charge on any atom is -0.378 e. The van der Waals surface area contributed by atoms with Crippen molar-refractivity contribution >= 4 is 29.7 Å². The lowest BCUT2D eigenvalue weighted by molar-refractivity contribution is -0.134. The van der Waals surface area contributed by atoms with Crippen LogP contribution in [0.1, 0.15) is 18.5 Å². The van der Waals surface area contributed by atoms with E-state index in [9.17, 15) is 18.4 Å². The molecule has 5 rings (SSSR count). The molecule has 1 atom stereocenters. The predicted octanol–water partition coefficient (Wildman–Crippen LogP) is -0.941. The van der Waals surface area contributed by atoms with Gasteiger partial charge in [-0.15, -0.1) is 0 Å². The molecule has 2 aromatic heterocycles. The lowest BCUT2D eigenvalue weighted by atomic mass is 10.1. The summed E-state index contributed by atoms with van der Waals surface area (Å²) < 4.78 is 33.0. The second-order valence-electron chi connectivity index (χ2n) is 9.46. The Labute approximate surface area is 223 Å². The molecule has 14 nitrogen and oxygen atoms in total. The van der Waals surface area contributed by atoms with E-state index in [1.165, 1.54) is 6.20 Å². The summed E-state index contributed by atoms with van der Waals surface area (Å²) in [6.45, 7) is 5.02. The molecular weight excluding hydrogens is 516 g/mol. The van der Waals surface area contributed by atoms with Crippen LogP contribution in [0.4, 0.5) is 26.6 Å². The fourth-order valence-electron chi connectivity index (χ4n) is 4.72. The Morgan fingerprint density at radius 3 is 2.38 bits per heavy atom. The summed E-state index contributed by atoms with van der Waals surface area (Å²) >= 11 is 0. The maximum Gasteiger partial charge on any atom is 0.281 e. The van der Waals surface area contributed by atoms with Gasteiger partial charge in [-0.1, -0.05) is 0 Å². The molecule has 39 heavy (non-hydrogen) atoms. The number of anilines is 3. The van der Waals surface area contributed by atoms with Gasteiger partial charge in [-0.05, 0) is 13.0 Å². The minimum absolute atomic E-state index is 0.0133. The van der Waals surface area contributed by atoms with Gasteiger partial charge in [0.15, 0.2) is 5.82 Å². The lowest BCUT2D eigenvalue weighted by Gasteiger charge is -2.35. The van der Waals surface area contributed by atoms with Crippen molar-refractivity contribution in [3.63, 3.8) is 0 Å². The van der Waals surface area contributed by atoms with E-state index in [2.05, 4.69) is 35.6 Å². The summed E-state index contributed by atoms with van der Waals surface area (Å²) in [4.78, 5) is 51.6. The molecule has 3 aliphatic heterocycles. The average Bonchev–Trinajstić information content (AvgIpc) is 3.51. The van der Waals surface area contributed by atoms with Gasteiger partial charge in [0.25, 0.3) is 6.43 Å². The number of carbonyl (C=O) groups is 2. The third kappa shape index (κ3) is 6.27. The summed E-state index contributed by atoms with van der Waals surface area (Å²) in [6, 6.07) is 0. The van der Waals surface area contributed by atoms with E-state index < -0.39 is 12.1 Å². The molecular formula is C23H31F2N11O3. The van der Waals surface area contributed by atoms with Crippen LogP contribution in [0.25, 0.3) is 11.4 Å². The third-order valence-electron chi connectivity index (χ3n) is 6.95. The highest BCUT2D eigenvalue weighted by molar-refractivity contribution is 5.86. The zero-order valence-electron chi connectivity index (χ0n) is 21.4. The van der Waals surface area contributed by atoms with Crippen molar-refractivity contribution in [1.29, 1.82) is 0 Å². The number of halogens is 2. The predicted molar refractivity (Wildman–Crippen MR) is 136 cm³/mol. The van der Waals surface area contributed by atoms with E-state index in [1.807, 2.05) is 9.80 Å². The molecule has 0 radical (unpaired) electrons. The molecule has 0 saturated carbocycles. The van der Waals surface area contributed by atoms with E-state index in [0.29, 0.717) is 70.9 Å². The first-order valence-corrected chi connectivity index (χ1v) is 12.9. The van der Waals surface area contributed by atoms with Gasteiger partial charge in [-0.25, -0.2) is 18.7 Å². The topological polar surface area (TPSA) is 168 Å². The van der Waals surface area contributed by atoms with Crippen LogP contribution in [0, 0.1) is 5.92 Å². The van der Waals surface area contributed by atoms with Crippen molar-refractivity contribution in [3.05, 3.63) is 11.9 Å². The molecule has 3 saturated heterocycles. The highest BCUT2D eigenvalue weighted by Gasteiger charge is 2.28. The molecule has 2 aromatic rings. The van der Waals surface area contributed by atoms with Crippen LogP contribution < -0.4 is 26.2 Å². The molecule has 5 heterocycles. The minimum atomic E-state index is -2.91. The van der Waals surface area contributed by atoms with Crippen LogP contribution >= 0.6 is 0 Å². The number of piperazine rings is 1. The second kappa shape index (κ2) is 11.9. The Hall–Kier alpha value is -3.79. The summed E-state index contributed by atoms with van der Waals surface area (Å²) in [5.41, 5.74) is 4.96. The van der Waals surface area contributed by atoms with E-state index in [4.69, 9.17) is 10.5 Å². The van der Waals surface area contributed by atoms with Crippen molar-refractivity contribution in [2.24, 2.45) is 5.92 Å². The molecule has 0 aliphatic carbocycles. The monoisotopic (exact) mass is 547 g/mol. The number of amides is 2. The number of rotatable bonds is 7. The van der Waals surface area contributed by atoms with E-state index in [1.54, 1.807) is 4.90 Å². The third-order valence-corrected chi connectivity index (χ3v) is 6.95. The number of carbonyl (C=O) groups excluding carboxylic acids is 2. The van der Waals surface area contributed by atoms with Crippen LogP contribution in [-0.4, -0.2) is 114 Å². The quantitative estimate of drug-likeness (QED) is 0.390. The molecule has 0 bridgehead atoms. The van der Waals surface area contributed by atoms with Crippen LogP contribution in [0.3, 0.4) is 0 Å². The molecule has 0 unspecified atom stereocenters. The summed E-state index contributed by atoms with van der Waals surface area (Å²) in [5.74, 6) is -0.0147. The number of ether oxygens (including phenoxy) is 1. The molecule has 0 aromatic carbocycles. The van der Waals surface area contributed by atoms with Crippen molar-refractivity contribution in [2.75, 3.05) is 87.7 Å². The zero-order chi connectivity index (χ0) is 27.4. The molecule has 2 amide bonds. The Kier molecular flexibility index (Phi) is 8.21. The molecule has 0 spiro atoms. The van der Waals surface area contributed by atoms with Crippen LogP contribution in [0.15, 0.2) is 6.20 Å². The van der Waals surface area contributed by atoms with Crippen molar-refractivity contribution < 1.29 is 23.1 Å². The number of alkyl halides is 2. The molecule has 210 valence electrons. The zero-order valence-corrected chi connectivity index (χ0v) is 21.4. The van der Waals surface area contributed by atoms with Crippen LogP contribution in [-0.2, 0) is 14.3 Å². The first-order valence-electron chi connectivity index (χ1n) is 12.9. The maximum atomic E-state index is 13.8. The summed E-state index contributed by atoms with van der Waals surface area (Å²) in [6.07, 6.45) is -0.948. The highest BCUT2D eigenvalue weighted by Crippen LogP contribution is 2.30. The average molecular weight is 548 g/mol. The van der Waals surface area contributed by atoms with Gasteiger partial charge in [0, 0.05) is 52.0 Å². The number of nitrogens with two attached hydrogens (primary N) is 1. The van der Waals surface area contributed by atoms with Crippen LogP contribution in [0.2, 0.25) is 0 Å². The number of hydrogen-bond donors (Lipinski definition) is 3. The Balaban J connectivity index is 1.31. The Bertz CT molecular complexity index is 1180. The standard InChI is InChI=1S/C23H31F2N11O3/c24-18(25)17-15(12-29-21(26)30-17)19-31-22(33-23(32-19)36-7-9-39-10-8-36)35-5-3-34(4-6-35)16(37)13-28-20(38)14-1-2-27-11-14/h12,14,18,27H,1-11,13H2,(H,28,38)(H2,26,29,30)/t14-/m1/s1. The summed E-state index contributed by atoms with van der Waals surface area (Å²) in [5, 5.41) is 5.88. The normalized spacial score (nSPS) is 20.0. The number of nitrogens with zero attached hydrogens (tertiary/aromatic N) is 8. The first-order chi connectivity index (χ1) is 18.9. The van der Waals surface area contributed by atoms with E-state index in [0.717, 1.165) is 13.0 Å². The Morgan fingerprint density at radius 1 is 1.05 bits per heavy atom. The Morgan fingerprint density at radius 2 is 1.74 bits per heavy atom. The smallest absolute Gasteiger partial charge is 0.281 e. The van der Waals surface area contributed by atoms with Gasteiger partial charge >= 0.3 is 0 Å². The van der Waals surface area contributed by atoms with Gasteiger partial charge in [0.2, 0.25) is 29.7 Å². The first kappa shape index (κ1) is 26.8. The molecule has 4 N–H and O–H groups in total. The number of aromatic nitrogens is 5. The van der Waals surface area contributed by atoms with Crippen molar-refractivity contribution in [3.8, 4) is 11.4 Å². The molecule has 16 heteroatoms. The number of nitrogen functional groups attached to an aromatic ring is 1. The SMILES string of the molecule is Nc1ncc(-c2nc(N3CCOCC3)nc(N3CCN(C(=O)CNC(=O)[C@@H]4CCNC4)CC3)n2)c(C(F)F)n1. The molecule has 3 fully saturated rings. The van der Waals surface area contributed by atoms with Gasteiger partial charge in [-0.2, -0.15) is 15.0 Å².